The van der Waals surface area contributed by atoms with Gasteiger partial charge in [0, 0.05) is 18.8 Å². The highest BCUT2D eigenvalue weighted by Crippen LogP contribution is 2.37. The number of pyridine rings is 1. The summed E-state index contributed by atoms with van der Waals surface area (Å²) in [6, 6.07) is 4.68. The molecule has 160 valence electrons. The van der Waals surface area contributed by atoms with Crippen LogP contribution in [0.1, 0.15) is 34.9 Å². The van der Waals surface area contributed by atoms with Crippen LogP contribution in [0.25, 0.3) is 11.0 Å². The van der Waals surface area contributed by atoms with Gasteiger partial charge >= 0.3 is 6.18 Å². The Bertz CT molecular complexity index is 1110. The highest BCUT2D eigenvalue weighted by molar-refractivity contribution is 5.95. The second-order valence-corrected chi connectivity index (χ2v) is 7.44. The lowest BCUT2D eigenvalue weighted by molar-refractivity contribution is -0.136. The van der Waals surface area contributed by atoms with Crippen molar-refractivity contribution < 1.29 is 22.7 Å². The van der Waals surface area contributed by atoms with Crippen molar-refractivity contribution in [3.63, 3.8) is 0 Å². The summed E-state index contributed by atoms with van der Waals surface area (Å²) in [5.74, 6) is -0.778. The molecule has 0 fully saturated rings. The lowest BCUT2D eigenvalue weighted by Gasteiger charge is -2.18. The second-order valence-electron chi connectivity index (χ2n) is 7.44. The van der Waals surface area contributed by atoms with Crippen LogP contribution in [0.5, 0.6) is 5.88 Å². The van der Waals surface area contributed by atoms with E-state index in [1.807, 2.05) is 32.9 Å². The van der Waals surface area contributed by atoms with Crippen LogP contribution in [-0.2, 0) is 18.0 Å². The number of aryl methyl sites for hydroxylation is 5. The number of fused-ring (bicyclic) bond motifs is 1. The Labute approximate surface area is 172 Å². The number of anilines is 1. The normalized spacial score (nSPS) is 12.8. The predicted molar refractivity (Wildman–Crippen MR) is 108 cm³/mol. The van der Waals surface area contributed by atoms with Gasteiger partial charge in [0.05, 0.1) is 16.6 Å². The maximum atomic E-state index is 13.6. The first-order chi connectivity index (χ1) is 13.9. The molecule has 9 heteroatoms. The molecule has 6 nitrogen and oxygen atoms in total. The monoisotopic (exact) mass is 420 g/mol. The number of amides is 1. The molecular formula is C21H23F3N4O2. The smallest absolute Gasteiger partial charge is 0.417 e. The van der Waals surface area contributed by atoms with Crippen LogP contribution in [0.15, 0.2) is 18.2 Å². The first kappa shape index (κ1) is 21.6. The maximum absolute atomic E-state index is 13.6. The molecule has 1 atom stereocenters. The number of halogens is 3. The number of nitrogens with zero attached hydrogens (tertiary/aromatic N) is 3. The average molecular weight is 420 g/mol. The number of benzene rings is 1. The van der Waals surface area contributed by atoms with Crippen molar-refractivity contribution in [2.24, 2.45) is 7.05 Å². The Hall–Kier alpha value is -3.10. The molecular weight excluding hydrogens is 397 g/mol. The van der Waals surface area contributed by atoms with E-state index in [0.29, 0.717) is 5.69 Å². The third-order valence-electron chi connectivity index (χ3n) is 4.84. The van der Waals surface area contributed by atoms with Crippen LogP contribution >= 0.6 is 0 Å². The van der Waals surface area contributed by atoms with Crippen molar-refractivity contribution in [2.45, 2.75) is 46.9 Å². The van der Waals surface area contributed by atoms with E-state index in [0.717, 1.165) is 22.8 Å². The average Bonchev–Trinajstić information content (AvgIpc) is 2.90. The molecule has 30 heavy (non-hydrogen) atoms. The van der Waals surface area contributed by atoms with Crippen molar-refractivity contribution in [1.29, 1.82) is 0 Å². The van der Waals surface area contributed by atoms with E-state index in [4.69, 9.17) is 4.74 Å². The van der Waals surface area contributed by atoms with E-state index in [1.165, 1.54) is 25.6 Å². The molecule has 0 aliphatic heterocycles. The summed E-state index contributed by atoms with van der Waals surface area (Å²) in [5.41, 5.74) is 2.85. The van der Waals surface area contributed by atoms with Crippen LogP contribution in [-0.4, -0.2) is 26.8 Å². The number of rotatable bonds is 4. The minimum absolute atomic E-state index is 0.0372. The number of nitrogens with one attached hydrogen (secondary N) is 1. The van der Waals surface area contributed by atoms with E-state index in [-0.39, 0.29) is 22.6 Å². The lowest BCUT2D eigenvalue weighted by Crippen LogP contribution is -2.31. The first-order valence-corrected chi connectivity index (χ1v) is 9.35. The SMILES string of the molecule is Cc1cc(C)c(NC(=O)[C@H](C)Oc2cc(C(F)(F)F)c3c(C)nn(C)c3n2)c(C)c1. The van der Waals surface area contributed by atoms with E-state index >= 15 is 0 Å². The lowest BCUT2D eigenvalue weighted by atomic mass is 10.0. The molecule has 2 heterocycles. The summed E-state index contributed by atoms with van der Waals surface area (Å²) >= 11 is 0. The van der Waals surface area contributed by atoms with Crippen LogP contribution in [0, 0.1) is 27.7 Å². The van der Waals surface area contributed by atoms with E-state index in [9.17, 15) is 18.0 Å². The summed E-state index contributed by atoms with van der Waals surface area (Å²) in [6.45, 7) is 8.65. The highest BCUT2D eigenvalue weighted by Gasteiger charge is 2.36. The van der Waals surface area contributed by atoms with Gasteiger partial charge in [-0.15, -0.1) is 0 Å². The van der Waals surface area contributed by atoms with E-state index < -0.39 is 23.8 Å². The van der Waals surface area contributed by atoms with Gasteiger partial charge in [-0.2, -0.15) is 23.3 Å². The summed E-state index contributed by atoms with van der Waals surface area (Å²) in [7, 11) is 1.51. The van der Waals surface area contributed by atoms with E-state index in [2.05, 4.69) is 15.4 Å². The molecule has 0 bridgehead atoms. The van der Waals surface area contributed by atoms with Crippen LogP contribution in [0.3, 0.4) is 0 Å². The van der Waals surface area contributed by atoms with Crippen molar-refractivity contribution >= 4 is 22.6 Å². The van der Waals surface area contributed by atoms with Crippen molar-refractivity contribution in [3.8, 4) is 5.88 Å². The minimum Gasteiger partial charge on any atom is -0.464 e. The topological polar surface area (TPSA) is 69.0 Å². The van der Waals surface area contributed by atoms with Crippen molar-refractivity contribution in [2.75, 3.05) is 5.32 Å². The predicted octanol–water partition coefficient (Wildman–Crippen LogP) is 4.63. The molecule has 3 rings (SSSR count). The number of aromatic nitrogens is 3. The third kappa shape index (κ3) is 4.10. The Balaban J connectivity index is 1.91. The van der Waals surface area contributed by atoms with Gasteiger partial charge in [0.25, 0.3) is 5.91 Å². The zero-order chi connectivity index (χ0) is 22.4. The molecule has 0 saturated heterocycles. The number of hydrogen-bond acceptors (Lipinski definition) is 4. The molecule has 1 amide bonds. The minimum atomic E-state index is -4.62. The second kappa shape index (κ2) is 7.62. The molecule has 0 spiro atoms. The number of carbonyl (C=O) groups excluding carboxylic acids is 1. The molecule has 0 saturated carbocycles. The van der Waals surface area contributed by atoms with E-state index in [1.54, 1.807) is 0 Å². The third-order valence-corrected chi connectivity index (χ3v) is 4.84. The molecule has 0 aliphatic rings. The fourth-order valence-corrected chi connectivity index (χ4v) is 3.54. The Kier molecular flexibility index (Phi) is 5.49. The molecule has 1 N–H and O–H groups in total. The Morgan fingerprint density at radius 1 is 1.13 bits per heavy atom. The van der Waals surface area contributed by atoms with Gasteiger partial charge < -0.3 is 10.1 Å². The first-order valence-electron chi connectivity index (χ1n) is 9.35. The zero-order valence-corrected chi connectivity index (χ0v) is 17.6. The fourth-order valence-electron chi connectivity index (χ4n) is 3.54. The Morgan fingerprint density at radius 2 is 1.73 bits per heavy atom. The van der Waals surface area contributed by atoms with Gasteiger partial charge in [-0.25, -0.2) is 0 Å². The Morgan fingerprint density at radius 3 is 2.30 bits per heavy atom. The van der Waals surface area contributed by atoms with Crippen LogP contribution in [0.2, 0.25) is 0 Å². The van der Waals surface area contributed by atoms with Crippen molar-refractivity contribution in [3.05, 3.63) is 46.1 Å². The molecule has 0 radical (unpaired) electrons. The van der Waals surface area contributed by atoms with Crippen LogP contribution in [0.4, 0.5) is 18.9 Å². The van der Waals surface area contributed by atoms with Gasteiger partial charge in [0.1, 0.15) is 0 Å². The van der Waals surface area contributed by atoms with Crippen molar-refractivity contribution in [1.82, 2.24) is 14.8 Å². The molecule has 0 aliphatic carbocycles. The standard InChI is InChI=1S/C21H23F3N4O2/c1-10-7-11(2)18(12(3)8-10)26-20(29)14(5)30-16-9-15(21(22,23)24)17-13(4)27-28(6)19(17)25-16/h7-9,14H,1-6H3,(H,26,29)/t14-/m0/s1. The number of ether oxygens (including phenoxy) is 1. The molecule has 3 aromatic rings. The number of hydrogen-bond donors (Lipinski definition) is 1. The summed E-state index contributed by atoms with van der Waals surface area (Å²) in [6.07, 6.45) is -5.68. The molecule has 2 aromatic heterocycles. The zero-order valence-electron chi connectivity index (χ0n) is 17.6. The summed E-state index contributed by atoms with van der Waals surface area (Å²) in [4.78, 5) is 16.8. The fraction of sp³-hybridized carbons (Fsp3) is 0.381. The van der Waals surface area contributed by atoms with Gasteiger partial charge in [0.15, 0.2) is 11.8 Å². The van der Waals surface area contributed by atoms with Gasteiger partial charge in [-0.05, 0) is 45.7 Å². The quantitative estimate of drug-likeness (QED) is 0.668. The van der Waals surface area contributed by atoms with Gasteiger partial charge in [-0.1, -0.05) is 17.7 Å². The number of carbonyl (C=O) groups is 1. The molecule has 1 aromatic carbocycles. The molecule has 0 unspecified atom stereocenters. The summed E-state index contributed by atoms with van der Waals surface area (Å²) < 4.78 is 47.5. The van der Waals surface area contributed by atoms with Crippen LogP contribution < -0.4 is 10.1 Å². The number of alkyl halides is 3. The highest BCUT2D eigenvalue weighted by atomic mass is 19.4. The largest absolute Gasteiger partial charge is 0.464 e. The van der Waals surface area contributed by atoms with Gasteiger partial charge in [-0.3, -0.25) is 9.48 Å². The summed E-state index contributed by atoms with van der Waals surface area (Å²) in [5, 5.41) is 6.73. The van der Waals surface area contributed by atoms with Gasteiger partial charge in [0.2, 0.25) is 5.88 Å². The maximum Gasteiger partial charge on any atom is 0.417 e.